The summed E-state index contributed by atoms with van der Waals surface area (Å²) in [5.74, 6) is 0. The van der Waals surface area contributed by atoms with Crippen molar-refractivity contribution in [3.63, 3.8) is 0 Å². The number of rotatable bonds is 1. The highest BCUT2D eigenvalue weighted by atomic mass is 16.7. The molecule has 1 radical (unpaired) electrons. The van der Waals surface area contributed by atoms with Crippen molar-refractivity contribution in [1.29, 1.82) is 0 Å². The summed E-state index contributed by atoms with van der Waals surface area (Å²) in [5, 5.41) is 9.73. The zero-order chi connectivity index (χ0) is 5.11. The summed E-state index contributed by atoms with van der Waals surface area (Å²) < 4.78 is 0. The predicted octanol–water partition coefficient (Wildman–Crippen LogP) is -1.47. The molecule has 7 heavy (non-hydrogen) atoms. The molecular weight excluding hydrogens is 96.0 g/mol. The van der Waals surface area contributed by atoms with Crippen LogP contribution < -0.4 is 4.84 Å². The molecule has 5 nitrogen and oxygen atoms in total. The Morgan fingerprint density at radius 2 is 2.57 bits per heavy atom. The predicted molar refractivity (Wildman–Crippen MR) is 19.2 cm³/mol. The second-order valence-corrected chi connectivity index (χ2v) is 0.834. The first kappa shape index (κ1) is 4.04. The Hall–Kier alpha value is -1.13. The third-order valence-corrected chi connectivity index (χ3v) is 0.469. The molecule has 0 N–H and O–H groups in total. The van der Waals surface area contributed by atoms with Gasteiger partial charge in [-0.25, -0.2) is 0 Å². The lowest BCUT2D eigenvalue weighted by Crippen LogP contribution is -2.05. The van der Waals surface area contributed by atoms with Gasteiger partial charge in [0.25, 0.3) is 6.33 Å². The highest BCUT2D eigenvalue weighted by molar-refractivity contribution is 4.27. The Bertz CT molecular complexity index is 124. The number of hydrogen-bond donors (Lipinski definition) is 0. The van der Waals surface area contributed by atoms with Gasteiger partial charge in [0.15, 0.2) is 0 Å². The van der Waals surface area contributed by atoms with Crippen molar-refractivity contribution < 1.29 is 4.84 Å². The van der Waals surface area contributed by atoms with Crippen LogP contribution >= 0.6 is 0 Å². The van der Waals surface area contributed by atoms with Crippen molar-refractivity contribution in [3.8, 4) is 0 Å². The summed E-state index contributed by atoms with van der Waals surface area (Å²) in [6.07, 6.45) is 2.31. The Kier molecular flexibility index (Phi) is 0.892. The summed E-state index contributed by atoms with van der Waals surface area (Å²) in [6, 6.07) is 0. The maximum absolute atomic E-state index is 4.48. The van der Waals surface area contributed by atoms with Gasteiger partial charge in [-0.2, -0.15) is 0 Å². The molecule has 0 amide bonds. The van der Waals surface area contributed by atoms with Crippen LogP contribution in [0.3, 0.4) is 0 Å². The topological polar surface area (TPSA) is 52.8 Å². The van der Waals surface area contributed by atoms with E-state index >= 15 is 0 Å². The molecule has 0 aliphatic carbocycles. The fourth-order valence-electron chi connectivity index (χ4n) is 0.212. The molecule has 1 aromatic heterocycles. The molecule has 0 aliphatic heterocycles. The average molecular weight is 99.1 g/mol. The van der Waals surface area contributed by atoms with Gasteiger partial charge in [0, 0.05) is 0 Å². The summed E-state index contributed by atoms with van der Waals surface area (Å²) in [7, 11) is 1.45. The average Bonchev–Trinajstić information content (AvgIpc) is 2.14. The number of hydrogen-bond acceptors (Lipinski definition) is 4. The zero-order valence-corrected chi connectivity index (χ0v) is 3.70. The fraction of sp³-hybridized carbons (Fsp3) is 0.500. The zero-order valence-electron chi connectivity index (χ0n) is 3.70. The van der Waals surface area contributed by atoms with Crippen LogP contribution in [0, 0.1) is 6.33 Å². The molecule has 0 saturated carbocycles. The van der Waals surface area contributed by atoms with Crippen LogP contribution in [0.2, 0.25) is 0 Å². The summed E-state index contributed by atoms with van der Waals surface area (Å²) in [4.78, 5) is 5.51. The molecule has 0 saturated heterocycles. The molecule has 5 heteroatoms. The molecule has 0 unspecified atom stereocenters. The number of aromatic nitrogens is 4. The first-order valence-electron chi connectivity index (χ1n) is 1.64. The third kappa shape index (κ3) is 0.648. The van der Waals surface area contributed by atoms with E-state index in [0.29, 0.717) is 0 Å². The molecule has 0 bridgehead atoms. The standard InChI is InChI=1S/C2H3N4O/c1-7-6-2-3-4-5-6/h1H3. The first-order chi connectivity index (χ1) is 3.43. The van der Waals surface area contributed by atoms with Gasteiger partial charge < -0.3 is 4.84 Å². The summed E-state index contributed by atoms with van der Waals surface area (Å²) in [5.41, 5.74) is 0. The van der Waals surface area contributed by atoms with E-state index in [4.69, 9.17) is 0 Å². The van der Waals surface area contributed by atoms with Gasteiger partial charge in [0.2, 0.25) is 0 Å². The molecule has 0 spiro atoms. The van der Waals surface area contributed by atoms with Gasteiger partial charge >= 0.3 is 0 Å². The van der Waals surface area contributed by atoms with E-state index in [1.807, 2.05) is 0 Å². The van der Waals surface area contributed by atoms with Crippen molar-refractivity contribution >= 4 is 0 Å². The van der Waals surface area contributed by atoms with Crippen molar-refractivity contribution in [2.24, 2.45) is 0 Å². The normalized spacial score (nSPS) is 8.71. The second kappa shape index (κ2) is 1.55. The fourth-order valence-corrected chi connectivity index (χ4v) is 0.212. The minimum atomic E-state index is 1.03. The van der Waals surface area contributed by atoms with Gasteiger partial charge in [-0.05, 0) is 10.4 Å². The van der Waals surface area contributed by atoms with Crippen LogP contribution in [0.25, 0.3) is 0 Å². The van der Waals surface area contributed by atoms with Gasteiger partial charge in [-0.15, -0.1) is 5.10 Å². The first-order valence-corrected chi connectivity index (χ1v) is 1.64. The van der Waals surface area contributed by atoms with Crippen molar-refractivity contribution in [2.45, 2.75) is 0 Å². The van der Waals surface area contributed by atoms with Gasteiger partial charge in [0.1, 0.15) is 7.11 Å². The highest BCUT2D eigenvalue weighted by Crippen LogP contribution is 1.60. The lowest BCUT2D eigenvalue weighted by Gasteiger charge is -1.86. The Labute approximate surface area is 39.8 Å². The molecule has 0 aromatic carbocycles. The molecular formula is C2H3N4O. The minimum absolute atomic E-state index is 1.03. The second-order valence-electron chi connectivity index (χ2n) is 0.834. The SMILES string of the molecule is COn1[c]nnn1. The maximum atomic E-state index is 4.48. The van der Waals surface area contributed by atoms with Crippen molar-refractivity contribution in [3.05, 3.63) is 6.33 Å². The van der Waals surface area contributed by atoms with Crippen LogP contribution in [0.1, 0.15) is 0 Å². The van der Waals surface area contributed by atoms with E-state index in [1.165, 1.54) is 7.11 Å². The Morgan fingerprint density at radius 3 is 2.86 bits per heavy atom. The van der Waals surface area contributed by atoms with Crippen LogP contribution in [-0.2, 0) is 0 Å². The molecule has 0 atom stereocenters. The maximum Gasteiger partial charge on any atom is 0.264 e. The molecule has 1 rings (SSSR count). The smallest absolute Gasteiger partial charge is 0.264 e. The molecule has 0 fully saturated rings. The Balaban J connectivity index is 2.76. The molecule has 0 aliphatic rings. The van der Waals surface area contributed by atoms with E-state index in [1.54, 1.807) is 0 Å². The lowest BCUT2D eigenvalue weighted by molar-refractivity contribution is 0.126. The largest absolute Gasteiger partial charge is 0.397 e. The van der Waals surface area contributed by atoms with E-state index < -0.39 is 0 Å². The molecule has 37 valence electrons. The summed E-state index contributed by atoms with van der Waals surface area (Å²) >= 11 is 0. The van der Waals surface area contributed by atoms with E-state index in [9.17, 15) is 0 Å². The van der Waals surface area contributed by atoms with E-state index in [2.05, 4.69) is 26.7 Å². The number of tetrazole rings is 1. The van der Waals surface area contributed by atoms with Crippen LogP contribution in [0.5, 0.6) is 0 Å². The molecule has 1 heterocycles. The molecule has 1 aromatic rings. The van der Waals surface area contributed by atoms with E-state index in [0.717, 1.165) is 4.85 Å². The highest BCUT2D eigenvalue weighted by Gasteiger charge is 1.82. The van der Waals surface area contributed by atoms with Crippen molar-refractivity contribution in [2.75, 3.05) is 7.11 Å². The Morgan fingerprint density at radius 1 is 1.71 bits per heavy atom. The van der Waals surface area contributed by atoms with Crippen molar-refractivity contribution in [1.82, 2.24) is 20.4 Å². The van der Waals surface area contributed by atoms with Crippen LogP contribution in [-0.4, -0.2) is 27.5 Å². The minimum Gasteiger partial charge on any atom is -0.397 e. The monoisotopic (exact) mass is 99.0 g/mol. The summed E-state index contributed by atoms with van der Waals surface area (Å²) in [6.45, 7) is 0. The number of nitrogens with zero attached hydrogens (tertiary/aromatic N) is 4. The quantitative estimate of drug-likeness (QED) is 0.431. The van der Waals surface area contributed by atoms with Crippen LogP contribution in [0.4, 0.5) is 0 Å². The van der Waals surface area contributed by atoms with Gasteiger partial charge in [-0.1, -0.05) is 4.85 Å². The van der Waals surface area contributed by atoms with E-state index in [-0.39, 0.29) is 0 Å². The van der Waals surface area contributed by atoms with Gasteiger partial charge in [-0.3, -0.25) is 0 Å². The van der Waals surface area contributed by atoms with Gasteiger partial charge in [0.05, 0.1) is 0 Å². The van der Waals surface area contributed by atoms with Crippen LogP contribution in [0.15, 0.2) is 0 Å². The lowest BCUT2D eigenvalue weighted by atomic mass is 11.4. The third-order valence-electron chi connectivity index (χ3n) is 0.469.